The van der Waals surface area contributed by atoms with Gasteiger partial charge < -0.3 is 18.5 Å². The molecule has 0 N–H and O–H groups in total. The number of rotatable bonds is 7. The summed E-state index contributed by atoms with van der Waals surface area (Å²) in [5.74, 6) is -0.184. The van der Waals surface area contributed by atoms with Gasteiger partial charge in [-0.15, -0.1) is 0 Å². The maximum atomic E-state index is 12.1. The van der Waals surface area contributed by atoms with E-state index in [4.69, 9.17) is 13.6 Å². The van der Waals surface area contributed by atoms with E-state index in [1.807, 2.05) is 17.0 Å². The number of carbonyl (C=O) groups excluding carboxylic acids is 1. The van der Waals surface area contributed by atoms with E-state index < -0.39 is 15.0 Å². The number of esters is 1. The van der Waals surface area contributed by atoms with Crippen molar-refractivity contribution in [1.82, 2.24) is 4.98 Å². The summed E-state index contributed by atoms with van der Waals surface area (Å²) >= 11 is 0. The minimum Gasteiger partial charge on any atom is -0.461 e. The summed E-state index contributed by atoms with van der Waals surface area (Å²) in [6.45, 7) is 9.50. The monoisotopic (exact) mass is 450 g/mol. The van der Waals surface area contributed by atoms with Crippen LogP contribution in [0.4, 0.5) is 6.01 Å². The average molecular weight is 451 g/mol. The van der Waals surface area contributed by atoms with Gasteiger partial charge in [-0.25, -0.2) is 4.79 Å². The zero-order valence-corrected chi connectivity index (χ0v) is 20.2. The summed E-state index contributed by atoms with van der Waals surface area (Å²) in [6.07, 6.45) is 1.17. The zero-order chi connectivity index (χ0) is 22.7. The van der Waals surface area contributed by atoms with E-state index in [0.717, 1.165) is 6.54 Å². The van der Waals surface area contributed by atoms with Gasteiger partial charge in [0, 0.05) is 12.5 Å². The van der Waals surface area contributed by atoms with Gasteiger partial charge in [-0.3, -0.25) is 0 Å². The Morgan fingerprint density at radius 3 is 2.22 bits per heavy atom. The molecule has 0 saturated carbocycles. The van der Waals surface area contributed by atoms with Crippen LogP contribution in [0.5, 0.6) is 0 Å². The van der Waals surface area contributed by atoms with Crippen LogP contribution in [0.3, 0.4) is 0 Å². The average Bonchev–Trinajstić information content (AvgIpc) is 3.23. The molecule has 0 bridgehead atoms. The highest BCUT2D eigenvalue weighted by Gasteiger charge is 2.49. The fourth-order valence-corrected chi connectivity index (χ4v) is 6.44. The third-order valence-electron chi connectivity index (χ3n) is 5.86. The minimum absolute atomic E-state index is 0.0457. The molecule has 32 heavy (non-hydrogen) atoms. The van der Waals surface area contributed by atoms with Crippen molar-refractivity contribution in [3.8, 4) is 0 Å². The molecular formula is C25H30N2O4Si. The number of hydrogen-bond acceptors (Lipinski definition) is 6. The number of nitrogens with zero attached hydrogens (tertiary/aromatic N) is 2. The summed E-state index contributed by atoms with van der Waals surface area (Å²) in [6, 6.07) is 21.2. The highest BCUT2D eigenvalue weighted by atomic mass is 28.3. The fourth-order valence-electron chi connectivity index (χ4n) is 3.98. The van der Waals surface area contributed by atoms with Crippen LogP contribution in [0.25, 0.3) is 0 Å². The number of oxazole rings is 1. The molecule has 4 rings (SSSR count). The first-order chi connectivity index (χ1) is 15.4. The Labute approximate surface area is 190 Å². The number of hydrogen-bond donors (Lipinski definition) is 0. The molecule has 0 aliphatic carbocycles. The van der Waals surface area contributed by atoms with Gasteiger partial charge in [-0.05, 0) is 22.7 Å². The van der Waals surface area contributed by atoms with Gasteiger partial charge in [0.1, 0.15) is 12.5 Å². The lowest BCUT2D eigenvalue weighted by Crippen LogP contribution is -2.65. The molecule has 2 aromatic carbocycles. The van der Waals surface area contributed by atoms with Gasteiger partial charge in [0.05, 0.1) is 6.61 Å². The number of anilines is 1. The first-order valence-corrected chi connectivity index (χ1v) is 12.7. The maximum Gasteiger partial charge on any atom is 0.360 e. The second-order valence-electron chi connectivity index (χ2n) is 9.09. The quantitative estimate of drug-likeness (QED) is 0.407. The van der Waals surface area contributed by atoms with Crippen LogP contribution in [0, 0.1) is 11.3 Å². The van der Waals surface area contributed by atoms with Crippen LogP contribution < -0.4 is 15.3 Å². The molecule has 1 aliphatic heterocycles. The minimum atomic E-state index is -1.97. The number of benzene rings is 2. The van der Waals surface area contributed by atoms with Gasteiger partial charge in [-0.2, -0.15) is 4.98 Å². The highest BCUT2D eigenvalue weighted by Crippen LogP contribution is 2.42. The van der Waals surface area contributed by atoms with Crippen molar-refractivity contribution in [1.29, 1.82) is 0 Å². The molecule has 6 nitrogen and oxygen atoms in total. The lowest BCUT2D eigenvalue weighted by atomic mass is 9.74. The van der Waals surface area contributed by atoms with Crippen molar-refractivity contribution in [2.75, 3.05) is 18.1 Å². The predicted octanol–water partition coefficient (Wildman–Crippen LogP) is 3.21. The normalized spacial score (nSPS) is 18.5. The van der Waals surface area contributed by atoms with Crippen molar-refractivity contribution < 1.29 is 18.4 Å². The Balaban J connectivity index is 1.64. The van der Waals surface area contributed by atoms with Crippen LogP contribution in [0.2, 0.25) is 0 Å². The standard InChI is InChI=1S/C25H30N2O4Si/c1-5-29-23(28)21-17-30-24(26-21)27-16-20(25(2,3)4)22(27)31-32(18-12-8-6-9-13-18)19-14-10-7-11-15-19/h6-15,17,20,22,32H,5,16H2,1-4H3. The van der Waals surface area contributed by atoms with Gasteiger partial charge in [0.25, 0.3) is 6.01 Å². The van der Waals surface area contributed by atoms with E-state index in [-0.39, 0.29) is 17.3 Å². The molecule has 0 spiro atoms. The second-order valence-corrected chi connectivity index (χ2v) is 11.5. The molecule has 0 amide bonds. The molecule has 7 heteroatoms. The van der Waals surface area contributed by atoms with Crippen LogP contribution >= 0.6 is 0 Å². The number of aromatic nitrogens is 1. The van der Waals surface area contributed by atoms with Crippen molar-refractivity contribution >= 4 is 31.4 Å². The SMILES string of the molecule is CCOC(=O)c1coc(N2CC(C(C)(C)C)C2O[SiH](c2ccccc2)c2ccccc2)n1. The molecule has 1 fully saturated rings. The lowest BCUT2D eigenvalue weighted by Gasteiger charge is -2.53. The van der Waals surface area contributed by atoms with Crippen LogP contribution in [0.1, 0.15) is 38.2 Å². The van der Waals surface area contributed by atoms with E-state index in [2.05, 4.69) is 74.3 Å². The molecule has 3 aromatic rings. The van der Waals surface area contributed by atoms with Gasteiger partial charge in [-0.1, -0.05) is 81.4 Å². The number of carbonyl (C=O) groups is 1. The highest BCUT2D eigenvalue weighted by molar-refractivity contribution is 6.80. The maximum absolute atomic E-state index is 12.1. The van der Waals surface area contributed by atoms with Crippen molar-refractivity contribution in [2.24, 2.45) is 11.3 Å². The summed E-state index contributed by atoms with van der Waals surface area (Å²) < 4.78 is 17.7. The van der Waals surface area contributed by atoms with E-state index >= 15 is 0 Å². The predicted molar refractivity (Wildman–Crippen MR) is 127 cm³/mol. The second kappa shape index (κ2) is 9.30. The first kappa shape index (κ1) is 22.3. The van der Waals surface area contributed by atoms with Crippen molar-refractivity contribution in [3.05, 3.63) is 72.6 Å². The molecule has 2 atom stereocenters. The topological polar surface area (TPSA) is 64.8 Å². The Hall–Kier alpha value is -2.90. The molecular weight excluding hydrogens is 420 g/mol. The smallest absolute Gasteiger partial charge is 0.360 e. The van der Waals surface area contributed by atoms with Crippen molar-refractivity contribution in [2.45, 2.75) is 33.9 Å². The fraction of sp³-hybridized carbons (Fsp3) is 0.360. The molecule has 2 heterocycles. The third kappa shape index (κ3) is 4.64. The summed E-state index contributed by atoms with van der Waals surface area (Å²) in [5, 5.41) is 2.44. The summed E-state index contributed by atoms with van der Waals surface area (Å²) in [7, 11) is -1.97. The summed E-state index contributed by atoms with van der Waals surface area (Å²) in [5.41, 5.74) is 0.226. The van der Waals surface area contributed by atoms with E-state index in [9.17, 15) is 4.79 Å². The van der Waals surface area contributed by atoms with E-state index in [0.29, 0.717) is 18.5 Å². The zero-order valence-electron chi connectivity index (χ0n) is 19.0. The molecule has 0 radical (unpaired) electrons. The largest absolute Gasteiger partial charge is 0.461 e. The number of ether oxygens (including phenoxy) is 1. The third-order valence-corrected chi connectivity index (χ3v) is 8.39. The Kier molecular flexibility index (Phi) is 6.48. The Bertz CT molecular complexity index is 993. The van der Waals surface area contributed by atoms with Gasteiger partial charge in [0.15, 0.2) is 5.69 Å². The van der Waals surface area contributed by atoms with Crippen LogP contribution in [-0.4, -0.2) is 39.4 Å². The molecule has 1 saturated heterocycles. The molecule has 168 valence electrons. The Morgan fingerprint density at radius 2 is 1.69 bits per heavy atom. The van der Waals surface area contributed by atoms with Gasteiger partial charge in [0.2, 0.25) is 9.04 Å². The summed E-state index contributed by atoms with van der Waals surface area (Å²) in [4.78, 5) is 18.5. The molecule has 1 aromatic heterocycles. The first-order valence-electron chi connectivity index (χ1n) is 11.0. The lowest BCUT2D eigenvalue weighted by molar-refractivity contribution is 0.000384. The Morgan fingerprint density at radius 1 is 1.09 bits per heavy atom. The van der Waals surface area contributed by atoms with Crippen LogP contribution in [-0.2, 0) is 9.16 Å². The van der Waals surface area contributed by atoms with Crippen molar-refractivity contribution in [3.63, 3.8) is 0 Å². The van der Waals surface area contributed by atoms with Crippen LogP contribution in [0.15, 0.2) is 71.3 Å². The van der Waals surface area contributed by atoms with E-state index in [1.165, 1.54) is 16.6 Å². The molecule has 2 unspecified atom stereocenters. The van der Waals surface area contributed by atoms with E-state index in [1.54, 1.807) is 6.92 Å². The molecule has 1 aliphatic rings. The van der Waals surface area contributed by atoms with Gasteiger partial charge >= 0.3 is 5.97 Å².